The molecule has 1 rings (SSSR count). The van der Waals surface area contributed by atoms with E-state index in [2.05, 4.69) is 38.2 Å². The summed E-state index contributed by atoms with van der Waals surface area (Å²) in [7, 11) is 0. The van der Waals surface area contributed by atoms with Crippen LogP contribution in [0.25, 0.3) is 0 Å². The highest BCUT2D eigenvalue weighted by atomic mass is 14.6. The van der Waals surface area contributed by atoms with Crippen molar-refractivity contribution in [2.75, 3.05) is 6.54 Å². The van der Waals surface area contributed by atoms with Gasteiger partial charge < -0.3 is 5.73 Å². The summed E-state index contributed by atoms with van der Waals surface area (Å²) in [5, 5.41) is 0. The Kier molecular flexibility index (Phi) is 5.54. The monoisotopic (exact) mass is 219 g/mol. The number of hydrogen-bond donors (Lipinski definition) is 1. The van der Waals surface area contributed by atoms with Crippen molar-refractivity contribution >= 4 is 0 Å². The highest BCUT2D eigenvalue weighted by molar-refractivity contribution is 5.21. The largest absolute Gasteiger partial charge is 0.330 e. The highest BCUT2D eigenvalue weighted by Gasteiger charge is 2.38. The van der Waals surface area contributed by atoms with Gasteiger partial charge in [0.05, 0.1) is 0 Å². The zero-order chi connectivity index (χ0) is 12.0. The van der Waals surface area contributed by atoms with Crippen molar-refractivity contribution in [3.63, 3.8) is 0 Å². The third kappa shape index (κ3) is 4.36. The van der Waals surface area contributed by atoms with Crippen molar-refractivity contribution in [3.05, 3.63) is 36.0 Å². The molecular formula is C15H25N. The first kappa shape index (κ1) is 13.2. The molecule has 1 saturated carbocycles. The molecule has 2 unspecified atom stereocenters. The summed E-state index contributed by atoms with van der Waals surface area (Å²) in [4.78, 5) is 0. The van der Waals surface area contributed by atoms with Crippen LogP contribution in [-0.4, -0.2) is 6.54 Å². The minimum Gasteiger partial charge on any atom is -0.330 e. The SMILES string of the molecule is C\C=C/C=C\C(C)=C/[C@H](C)C1CC1CCN. The summed E-state index contributed by atoms with van der Waals surface area (Å²) in [6.45, 7) is 7.39. The zero-order valence-electron chi connectivity index (χ0n) is 10.8. The van der Waals surface area contributed by atoms with Gasteiger partial charge in [0.1, 0.15) is 0 Å². The molecule has 0 radical (unpaired) electrons. The Labute approximate surface area is 100 Å². The molecule has 0 spiro atoms. The molecular weight excluding hydrogens is 194 g/mol. The van der Waals surface area contributed by atoms with Crippen LogP contribution >= 0.6 is 0 Å². The molecule has 0 aromatic heterocycles. The van der Waals surface area contributed by atoms with E-state index in [0.29, 0.717) is 5.92 Å². The molecule has 0 saturated heterocycles. The summed E-state index contributed by atoms with van der Waals surface area (Å²) in [5.41, 5.74) is 6.94. The van der Waals surface area contributed by atoms with E-state index in [1.807, 2.05) is 13.0 Å². The van der Waals surface area contributed by atoms with Crippen LogP contribution in [0.4, 0.5) is 0 Å². The lowest BCUT2D eigenvalue weighted by Crippen LogP contribution is -2.02. The second kappa shape index (κ2) is 6.70. The van der Waals surface area contributed by atoms with Gasteiger partial charge in [0.25, 0.3) is 0 Å². The quantitative estimate of drug-likeness (QED) is 0.677. The van der Waals surface area contributed by atoms with Gasteiger partial charge in [0.15, 0.2) is 0 Å². The van der Waals surface area contributed by atoms with E-state index < -0.39 is 0 Å². The summed E-state index contributed by atoms with van der Waals surface area (Å²) in [6, 6.07) is 0. The summed E-state index contributed by atoms with van der Waals surface area (Å²) in [6.07, 6.45) is 13.4. The van der Waals surface area contributed by atoms with Gasteiger partial charge in [-0.1, -0.05) is 42.9 Å². The Balaban J connectivity index is 2.38. The highest BCUT2D eigenvalue weighted by Crippen LogP contribution is 2.46. The van der Waals surface area contributed by atoms with Crippen molar-refractivity contribution in [3.8, 4) is 0 Å². The molecule has 0 aromatic rings. The molecule has 3 atom stereocenters. The molecule has 1 fully saturated rings. The van der Waals surface area contributed by atoms with E-state index in [1.165, 1.54) is 18.4 Å². The fourth-order valence-electron chi connectivity index (χ4n) is 2.37. The van der Waals surface area contributed by atoms with Crippen molar-refractivity contribution < 1.29 is 0 Å². The second-order valence-electron chi connectivity index (χ2n) is 4.89. The van der Waals surface area contributed by atoms with Gasteiger partial charge in [-0.2, -0.15) is 0 Å². The van der Waals surface area contributed by atoms with Crippen LogP contribution in [0.5, 0.6) is 0 Å². The van der Waals surface area contributed by atoms with Crippen molar-refractivity contribution in [2.24, 2.45) is 23.5 Å². The Morgan fingerprint density at radius 3 is 2.81 bits per heavy atom. The van der Waals surface area contributed by atoms with Crippen LogP contribution in [0.2, 0.25) is 0 Å². The Morgan fingerprint density at radius 2 is 2.19 bits per heavy atom. The lowest BCUT2D eigenvalue weighted by molar-refractivity contribution is 0.549. The standard InChI is InChI=1S/C15H25N/c1-4-5-6-7-12(2)10-13(3)15-11-14(15)8-9-16/h4-7,10,13-15H,8-9,11,16H2,1-3H3/b5-4-,7-6-,12-10-/t13-,14?,15?/m0/s1. The van der Waals surface area contributed by atoms with Crippen LogP contribution in [0, 0.1) is 17.8 Å². The molecule has 0 bridgehead atoms. The first-order valence-electron chi connectivity index (χ1n) is 6.37. The molecule has 16 heavy (non-hydrogen) atoms. The minimum absolute atomic E-state index is 0.701. The lowest BCUT2D eigenvalue weighted by atomic mass is 10.0. The molecule has 90 valence electrons. The molecule has 0 aromatic carbocycles. The summed E-state index contributed by atoms with van der Waals surface area (Å²) < 4.78 is 0. The predicted octanol–water partition coefficient (Wildman–Crippen LogP) is 3.69. The lowest BCUT2D eigenvalue weighted by Gasteiger charge is -2.06. The fourth-order valence-corrected chi connectivity index (χ4v) is 2.37. The molecule has 0 amide bonds. The second-order valence-corrected chi connectivity index (χ2v) is 4.89. The van der Waals surface area contributed by atoms with Crippen LogP contribution in [0.15, 0.2) is 36.0 Å². The zero-order valence-corrected chi connectivity index (χ0v) is 10.8. The van der Waals surface area contributed by atoms with E-state index >= 15 is 0 Å². The van der Waals surface area contributed by atoms with Crippen molar-refractivity contribution in [2.45, 2.75) is 33.6 Å². The van der Waals surface area contributed by atoms with Gasteiger partial charge in [-0.3, -0.25) is 0 Å². The molecule has 2 N–H and O–H groups in total. The third-order valence-electron chi connectivity index (χ3n) is 3.38. The Morgan fingerprint density at radius 1 is 1.44 bits per heavy atom. The number of rotatable bonds is 6. The molecule has 0 aliphatic heterocycles. The minimum atomic E-state index is 0.701. The smallest absolute Gasteiger partial charge is 0.00745 e. The van der Waals surface area contributed by atoms with Gasteiger partial charge in [-0.15, -0.1) is 0 Å². The van der Waals surface area contributed by atoms with Crippen molar-refractivity contribution in [1.82, 2.24) is 0 Å². The maximum Gasteiger partial charge on any atom is -0.00745 e. The van der Waals surface area contributed by atoms with Crippen LogP contribution in [0.3, 0.4) is 0 Å². The van der Waals surface area contributed by atoms with Gasteiger partial charge >= 0.3 is 0 Å². The fraction of sp³-hybridized carbons (Fsp3) is 0.600. The van der Waals surface area contributed by atoms with Gasteiger partial charge in [-0.05, 0) is 51.0 Å². The van der Waals surface area contributed by atoms with Gasteiger partial charge in [0.2, 0.25) is 0 Å². The molecule has 1 heteroatoms. The first-order chi connectivity index (χ1) is 7.69. The number of hydrogen-bond acceptors (Lipinski definition) is 1. The molecule has 1 nitrogen and oxygen atoms in total. The van der Waals surface area contributed by atoms with E-state index in [4.69, 9.17) is 5.73 Å². The topological polar surface area (TPSA) is 26.0 Å². The number of nitrogens with two attached hydrogens (primary N) is 1. The molecule has 1 aliphatic carbocycles. The van der Waals surface area contributed by atoms with Crippen LogP contribution in [0.1, 0.15) is 33.6 Å². The van der Waals surface area contributed by atoms with Crippen LogP contribution < -0.4 is 5.73 Å². The first-order valence-corrected chi connectivity index (χ1v) is 6.37. The summed E-state index contributed by atoms with van der Waals surface area (Å²) >= 11 is 0. The maximum atomic E-state index is 5.58. The Bertz CT molecular complexity index is 286. The molecule has 0 heterocycles. The Hall–Kier alpha value is -0.820. The third-order valence-corrected chi connectivity index (χ3v) is 3.38. The van der Waals surface area contributed by atoms with E-state index in [1.54, 1.807) is 0 Å². The molecule has 1 aliphatic rings. The average molecular weight is 219 g/mol. The average Bonchev–Trinajstić information content (AvgIpc) is 2.98. The summed E-state index contributed by atoms with van der Waals surface area (Å²) in [5.74, 6) is 2.48. The normalized spacial score (nSPS) is 27.9. The van der Waals surface area contributed by atoms with Crippen LogP contribution in [-0.2, 0) is 0 Å². The van der Waals surface area contributed by atoms with Gasteiger partial charge in [-0.25, -0.2) is 0 Å². The predicted molar refractivity (Wildman–Crippen MR) is 72.1 cm³/mol. The van der Waals surface area contributed by atoms with Gasteiger partial charge in [0, 0.05) is 0 Å². The maximum absolute atomic E-state index is 5.58. The van der Waals surface area contributed by atoms with E-state index in [9.17, 15) is 0 Å². The number of allylic oxidation sites excluding steroid dienone is 6. The van der Waals surface area contributed by atoms with E-state index in [0.717, 1.165) is 18.4 Å². The van der Waals surface area contributed by atoms with E-state index in [-0.39, 0.29) is 0 Å². The van der Waals surface area contributed by atoms with Crippen molar-refractivity contribution in [1.29, 1.82) is 0 Å².